The minimum atomic E-state index is -0.565. The molecule has 10 aromatic carbocycles. The number of hydrogen-bond acceptors (Lipinski definition) is 1. The first-order valence-electron chi connectivity index (χ1n) is 20.8. The Bertz CT molecular complexity index is 3080. The van der Waals surface area contributed by atoms with E-state index in [-0.39, 0.29) is 0 Å². The molecule has 0 saturated carbocycles. The van der Waals surface area contributed by atoms with Gasteiger partial charge in [-0.1, -0.05) is 212 Å². The van der Waals surface area contributed by atoms with Crippen LogP contribution in [0.4, 0.5) is 17.1 Å². The van der Waals surface area contributed by atoms with E-state index in [2.05, 4.69) is 254 Å². The highest BCUT2D eigenvalue weighted by Gasteiger charge is 2.48. The summed E-state index contributed by atoms with van der Waals surface area (Å²) in [5, 5.41) is 2.51. The standard InChI is InChI=1S/C59H41N/c1-6-20-42(21-7-1)45-25-18-32-50(40-45)60(49-30-14-5-15-31-49)56-39-37-46(43-22-8-2-9-23-43)41-54(56)52-34-19-35-55-57(52)53-38-36-44-24-16-17-33-51(44)58(53)59(55,47-26-10-3-11-27-47)48-28-12-4-13-29-48/h1-41H. The van der Waals surface area contributed by atoms with Crippen LogP contribution in [0.25, 0.3) is 55.3 Å². The van der Waals surface area contributed by atoms with Gasteiger partial charge in [0.05, 0.1) is 11.1 Å². The number of para-hydroxylation sites is 1. The number of benzene rings is 10. The number of anilines is 3. The molecule has 1 aliphatic carbocycles. The fourth-order valence-corrected chi connectivity index (χ4v) is 9.76. The zero-order valence-electron chi connectivity index (χ0n) is 33.1. The molecule has 0 spiro atoms. The molecule has 1 aliphatic rings. The quantitative estimate of drug-likeness (QED) is 0.149. The first kappa shape index (κ1) is 35.4. The molecule has 0 unspecified atom stereocenters. The van der Waals surface area contributed by atoms with Crippen molar-refractivity contribution in [2.45, 2.75) is 5.41 Å². The predicted octanol–water partition coefficient (Wildman–Crippen LogP) is 15.7. The van der Waals surface area contributed by atoms with Crippen molar-refractivity contribution < 1.29 is 0 Å². The van der Waals surface area contributed by atoms with Gasteiger partial charge in [-0.2, -0.15) is 0 Å². The third-order valence-electron chi connectivity index (χ3n) is 12.3. The van der Waals surface area contributed by atoms with Crippen LogP contribution < -0.4 is 4.90 Å². The van der Waals surface area contributed by atoms with E-state index >= 15 is 0 Å². The second kappa shape index (κ2) is 14.9. The van der Waals surface area contributed by atoms with Crippen molar-refractivity contribution in [1.82, 2.24) is 0 Å². The van der Waals surface area contributed by atoms with E-state index in [1.165, 1.54) is 77.5 Å². The van der Waals surface area contributed by atoms with Crippen LogP contribution in [-0.4, -0.2) is 0 Å². The van der Waals surface area contributed by atoms with Crippen LogP contribution in [0.5, 0.6) is 0 Å². The molecule has 0 aliphatic heterocycles. The minimum Gasteiger partial charge on any atom is -0.310 e. The normalized spacial score (nSPS) is 12.5. The Hall–Kier alpha value is -7.74. The Labute approximate surface area is 352 Å². The maximum absolute atomic E-state index is 2.44. The van der Waals surface area contributed by atoms with Gasteiger partial charge in [0.2, 0.25) is 0 Å². The molecular formula is C59H41N. The smallest absolute Gasteiger partial charge is 0.0719 e. The molecule has 282 valence electrons. The van der Waals surface area contributed by atoms with Crippen LogP contribution in [0.3, 0.4) is 0 Å². The Balaban J connectivity index is 1.25. The lowest BCUT2D eigenvalue weighted by Crippen LogP contribution is -2.28. The summed E-state index contributed by atoms with van der Waals surface area (Å²) >= 11 is 0. The highest BCUT2D eigenvalue weighted by molar-refractivity contribution is 6.06. The third-order valence-corrected chi connectivity index (χ3v) is 12.3. The van der Waals surface area contributed by atoms with Gasteiger partial charge in [-0.3, -0.25) is 0 Å². The van der Waals surface area contributed by atoms with E-state index < -0.39 is 5.41 Å². The number of nitrogens with zero attached hydrogens (tertiary/aromatic N) is 1. The molecule has 0 amide bonds. The van der Waals surface area contributed by atoms with Gasteiger partial charge in [0, 0.05) is 16.9 Å². The van der Waals surface area contributed by atoms with Crippen molar-refractivity contribution in [2.75, 3.05) is 4.90 Å². The summed E-state index contributed by atoms with van der Waals surface area (Å²) in [6, 6.07) is 91.2. The first-order chi connectivity index (χ1) is 29.8. The van der Waals surface area contributed by atoms with Crippen LogP contribution in [0.15, 0.2) is 249 Å². The molecule has 0 N–H and O–H groups in total. The molecule has 1 nitrogen and oxygen atoms in total. The lowest BCUT2D eigenvalue weighted by atomic mass is 9.66. The SMILES string of the molecule is c1ccc(-c2cccc(N(c3ccccc3)c3ccc(-c4ccccc4)cc3-c3cccc4c3-c3ccc5ccccc5c3C4(c3ccccc3)c3ccccc3)c2)cc1. The van der Waals surface area contributed by atoms with E-state index in [0.717, 1.165) is 17.1 Å². The fraction of sp³-hybridized carbons (Fsp3) is 0.0169. The highest BCUT2D eigenvalue weighted by Crippen LogP contribution is 2.61. The summed E-state index contributed by atoms with van der Waals surface area (Å²) in [6.07, 6.45) is 0. The van der Waals surface area contributed by atoms with Crippen molar-refractivity contribution in [3.05, 3.63) is 271 Å². The van der Waals surface area contributed by atoms with Crippen molar-refractivity contribution in [3.63, 3.8) is 0 Å². The predicted molar refractivity (Wildman–Crippen MR) is 252 cm³/mol. The summed E-state index contributed by atoms with van der Waals surface area (Å²) in [5.41, 5.74) is 17.5. The molecule has 0 heterocycles. The topological polar surface area (TPSA) is 3.24 Å². The lowest BCUT2D eigenvalue weighted by molar-refractivity contribution is 0.775. The Morgan fingerprint density at radius 2 is 0.850 bits per heavy atom. The van der Waals surface area contributed by atoms with Crippen LogP contribution >= 0.6 is 0 Å². The number of rotatable bonds is 8. The second-order valence-electron chi connectivity index (χ2n) is 15.6. The van der Waals surface area contributed by atoms with Gasteiger partial charge in [-0.15, -0.1) is 0 Å². The molecule has 0 aromatic heterocycles. The Kier molecular flexibility index (Phi) is 8.79. The molecule has 1 heteroatoms. The summed E-state index contributed by atoms with van der Waals surface area (Å²) in [4.78, 5) is 2.44. The third kappa shape index (κ3) is 5.78. The molecule has 0 bridgehead atoms. The molecule has 0 fully saturated rings. The summed E-state index contributed by atoms with van der Waals surface area (Å²) in [7, 11) is 0. The Morgan fingerprint density at radius 1 is 0.317 bits per heavy atom. The molecule has 11 rings (SSSR count). The van der Waals surface area contributed by atoms with Crippen LogP contribution in [0.1, 0.15) is 22.3 Å². The summed E-state index contributed by atoms with van der Waals surface area (Å²) in [6.45, 7) is 0. The van der Waals surface area contributed by atoms with Gasteiger partial charge in [-0.25, -0.2) is 0 Å². The van der Waals surface area contributed by atoms with Gasteiger partial charge in [0.15, 0.2) is 0 Å². The van der Waals surface area contributed by atoms with E-state index in [4.69, 9.17) is 0 Å². The summed E-state index contributed by atoms with van der Waals surface area (Å²) < 4.78 is 0. The van der Waals surface area contributed by atoms with Crippen molar-refractivity contribution in [2.24, 2.45) is 0 Å². The van der Waals surface area contributed by atoms with Crippen molar-refractivity contribution in [3.8, 4) is 44.5 Å². The molecular weight excluding hydrogens is 723 g/mol. The molecule has 10 aromatic rings. The average Bonchev–Trinajstić information content (AvgIpc) is 3.65. The van der Waals surface area contributed by atoms with Crippen LogP contribution in [0, 0.1) is 0 Å². The van der Waals surface area contributed by atoms with Gasteiger partial charge < -0.3 is 4.90 Å². The number of hydrogen-bond donors (Lipinski definition) is 0. The van der Waals surface area contributed by atoms with E-state index in [9.17, 15) is 0 Å². The second-order valence-corrected chi connectivity index (χ2v) is 15.6. The largest absolute Gasteiger partial charge is 0.310 e. The molecule has 0 atom stereocenters. The minimum absolute atomic E-state index is 0.565. The van der Waals surface area contributed by atoms with Gasteiger partial charge in [-0.05, 0) is 108 Å². The van der Waals surface area contributed by atoms with Crippen LogP contribution in [-0.2, 0) is 5.41 Å². The highest BCUT2D eigenvalue weighted by atomic mass is 15.1. The summed E-state index contributed by atoms with van der Waals surface area (Å²) in [5.74, 6) is 0. The van der Waals surface area contributed by atoms with E-state index in [0.29, 0.717) is 0 Å². The van der Waals surface area contributed by atoms with Gasteiger partial charge >= 0.3 is 0 Å². The Morgan fingerprint density at radius 3 is 1.52 bits per heavy atom. The average molecular weight is 764 g/mol. The van der Waals surface area contributed by atoms with Crippen molar-refractivity contribution in [1.29, 1.82) is 0 Å². The molecule has 60 heavy (non-hydrogen) atoms. The maximum Gasteiger partial charge on any atom is 0.0719 e. The fourth-order valence-electron chi connectivity index (χ4n) is 9.76. The molecule has 0 saturated heterocycles. The van der Waals surface area contributed by atoms with E-state index in [1.54, 1.807) is 0 Å². The van der Waals surface area contributed by atoms with Gasteiger partial charge in [0.25, 0.3) is 0 Å². The maximum atomic E-state index is 2.44. The number of fused-ring (bicyclic) bond motifs is 5. The van der Waals surface area contributed by atoms with E-state index in [1.807, 2.05) is 0 Å². The van der Waals surface area contributed by atoms with Gasteiger partial charge in [0.1, 0.15) is 0 Å². The lowest BCUT2D eigenvalue weighted by Gasteiger charge is -2.35. The first-order valence-corrected chi connectivity index (χ1v) is 20.8. The van der Waals surface area contributed by atoms with Crippen molar-refractivity contribution >= 4 is 27.8 Å². The monoisotopic (exact) mass is 763 g/mol. The zero-order chi connectivity index (χ0) is 39.9. The van der Waals surface area contributed by atoms with Crippen LogP contribution in [0.2, 0.25) is 0 Å². The molecule has 0 radical (unpaired) electrons. The zero-order valence-corrected chi connectivity index (χ0v) is 33.1.